The Morgan fingerprint density at radius 2 is 2.12 bits per heavy atom. The van der Waals surface area contributed by atoms with E-state index in [4.69, 9.17) is 33.7 Å². The lowest BCUT2D eigenvalue weighted by molar-refractivity contribution is -0.145. The first-order valence-corrected chi connectivity index (χ1v) is 6.17. The Hall–Kier alpha value is -0.770. The van der Waals surface area contributed by atoms with Gasteiger partial charge in [0, 0.05) is 0 Å². The number of nitrogens with two attached hydrogens (primary N) is 1. The molecule has 1 unspecified atom stereocenters. The third-order valence-electron chi connectivity index (χ3n) is 2.37. The topological polar surface area (TPSA) is 52.3 Å². The molecule has 17 heavy (non-hydrogen) atoms. The molecule has 0 saturated heterocycles. The van der Waals surface area contributed by atoms with Crippen LogP contribution in [0, 0.1) is 0 Å². The van der Waals surface area contributed by atoms with Crippen molar-refractivity contribution in [3.63, 3.8) is 0 Å². The van der Waals surface area contributed by atoms with Gasteiger partial charge in [0.1, 0.15) is 0 Å². The highest BCUT2D eigenvalue weighted by Gasteiger charge is 2.21. The third-order valence-corrected chi connectivity index (χ3v) is 3.11. The number of hydrogen-bond donors (Lipinski definition) is 1. The molecule has 0 bridgehead atoms. The van der Waals surface area contributed by atoms with E-state index in [0.717, 1.165) is 5.56 Å². The number of carbonyl (C=O) groups is 1. The second-order valence-electron chi connectivity index (χ2n) is 3.56. The second kappa shape index (κ2) is 6.84. The van der Waals surface area contributed by atoms with Gasteiger partial charge < -0.3 is 10.5 Å². The maximum Gasteiger partial charge on any atom is 0.313 e. The van der Waals surface area contributed by atoms with E-state index in [9.17, 15) is 4.79 Å². The van der Waals surface area contributed by atoms with Crippen molar-refractivity contribution in [3.05, 3.63) is 33.8 Å². The molecular weight excluding hydrogens is 261 g/mol. The first-order valence-electron chi connectivity index (χ1n) is 5.41. The molecule has 0 radical (unpaired) electrons. The minimum atomic E-state index is -0.380. The number of halogens is 2. The lowest BCUT2D eigenvalue weighted by atomic mass is 9.96. The number of carbonyl (C=O) groups excluding carboxylic acids is 1. The summed E-state index contributed by atoms with van der Waals surface area (Å²) in [7, 11) is 0. The van der Waals surface area contributed by atoms with Crippen molar-refractivity contribution in [2.24, 2.45) is 5.73 Å². The fourth-order valence-electron chi connectivity index (χ4n) is 1.56. The quantitative estimate of drug-likeness (QED) is 0.841. The normalized spacial score (nSPS) is 12.2. The minimum absolute atomic E-state index is 0.281. The number of ether oxygens (including phenoxy) is 1. The van der Waals surface area contributed by atoms with E-state index in [1.807, 2.05) is 0 Å². The summed E-state index contributed by atoms with van der Waals surface area (Å²) in [4.78, 5) is 11.8. The molecule has 3 nitrogen and oxygen atoms in total. The predicted molar refractivity (Wildman–Crippen MR) is 69.5 cm³/mol. The van der Waals surface area contributed by atoms with Crippen LogP contribution in [0.15, 0.2) is 18.2 Å². The van der Waals surface area contributed by atoms with E-state index in [0.29, 0.717) is 29.6 Å². The van der Waals surface area contributed by atoms with Crippen molar-refractivity contribution in [2.45, 2.75) is 19.3 Å². The van der Waals surface area contributed by atoms with Gasteiger partial charge in [0.25, 0.3) is 0 Å². The van der Waals surface area contributed by atoms with Gasteiger partial charge in [0.2, 0.25) is 0 Å². The van der Waals surface area contributed by atoms with Gasteiger partial charge in [-0.2, -0.15) is 0 Å². The molecule has 0 spiro atoms. The zero-order valence-electron chi connectivity index (χ0n) is 9.58. The van der Waals surface area contributed by atoms with Gasteiger partial charge in [-0.1, -0.05) is 29.3 Å². The minimum Gasteiger partial charge on any atom is -0.466 e. The Morgan fingerprint density at radius 1 is 1.41 bits per heavy atom. The molecule has 94 valence electrons. The Bertz CT molecular complexity index is 396. The average molecular weight is 276 g/mol. The zero-order valence-corrected chi connectivity index (χ0v) is 11.1. The summed E-state index contributed by atoms with van der Waals surface area (Å²) in [6.07, 6.45) is 0.525. The molecule has 1 rings (SSSR count). The van der Waals surface area contributed by atoms with Crippen molar-refractivity contribution < 1.29 is 9.53 Å². The molecule has 0 amide bonds. The predicted octanol–water partition coefficient (Wildman–Crippen LogP) is 2.99. The summed E-state index contributed by atoms with van der Waals surface area (Å²) in [5.41, 5.74) is 6.28. The molecule has 0 aliphatic heterocycles. The summed E-state index contributed by atoms with van der Waals surface area (Å²) >= 11 is 11.8. The highest BCUT2D eigenvalue weighted by atomic mass is 35.5. The van der Waals surface area contributed by atoms with Crippen molar-refractivity contribution in [1.82, 2.24) is 0 Å². The maximum absolute atomic E-state index is 11.8. The molecule has 1 aromatic rings. The van der Waals surface area contributed by atoms with Gasteiger partial charge in [-0.25, -0.2) is 0 Å². The van der Waals surface area contributed by atoms with Crippen molar-refractivity contribution in [3.8, 4) is 0 Å². The Labute approximate surface area is 111 Å². The first kappa shape index (κ1) is 14.3. The summed E-state index contributed by atoms with van der Waals surface area (Å²) < 4.78 is 5.01. The molecule has 0 aliphatic rings. The second-order valence-corrected chi connectivity index (χ2v) is 4.37. The molecule has 0 aliphatic carbocycles. The van der Waals surface area contributed by atoms with Crippen LogP contribution in [0.5, 0.6) is 0 Å². The standard InChI is InChI=1S/C12H15Cl2NO2/c1-2-17-12(16)9(5-6-15)8-3-4-10(13)11(14)7-8/h3-4,7,9H,2,5-6,15H2,1H3. The van der Waals surface area contributed by atoms with E-state index in [2.05, 4.69) is 0 Å². The average Bonchev–Trinajstić information content (AvgIpc) is 2.30. The smallest absolute Gasteiger partial charge is 0.313 e. The molecule has 0 saturated carbocycles. The first-order chi connectivity index (χ1) is 8.10. The van der Waals surface area contributed by atoms with Gasteiger partial charge >= 0.3 is 5.97 Å². The maximum atomic E-state index is 11.8. The SMILES string of the molecule is CCOC(=O)C(CCN)c1ccc(Cl)c(Cl)c1. The van der Waals surface area contributed by atoms with Crippen LogP contribution in [-0.4, -0.2) is 19.1 Å². The molecule has 0 fully saturated rings. The van der Waals surface area contributed by atoms with Crippen LogP contribution in [-0.2, 0) is 9.53 Å². The van der Waals surface area contributed by atoms with E-state index >= 15 is 0 Å². The Kier molecular flexibility index (Phi) is 5.75. The van der Waals surface area contributed by atoms with Crippen molar-refractivity contribution >= 4 is 29.2 Å². The van der Waals surface area contributed by atoms with Crippen LogP contribution < -0.4 is 5.73 Å². The number of hydrogen-bond acceptors (Lipinski definition) is 3. The van der Waals surface area contributed by atoms with Gasteiger partial charge in [-0.15, -0.1) is 0 Å². The molecule has 5 heteroatoms. The highest BCUT2D eigenvalue weighted by molar-refractivity contribution is 6.42. The highest BCUT2D eigenvalue weighted by Crippen LogP contribution is 2.28. The molecule has 1 atom stereocenters. The van der Waals surface area contributed by atoms with E-state index in [1.165, 1.54) is 0 Å². The summed E-state index contributed by atoms with van der Waals surface area (Å²) in [5.74, 6) is -0.661. The van der Waals surface area contributed by atoms with Crippen LogP contribution in [0.1, 0.15) is 24.8 Å². The van der Waals surface area contributed by atoms with Crippen LogP contribution in [0.4, 0.5) is 0 Å². The molecule has 0 aromatic heterocycles. The van der Waals surface area contributed by atoms with Crippen molar-refractivity contribution in [2.75, 3.05) is 13.2 Å². The summed E-state index contributed by atoms with van der Waals surface area (Å²) in [6.45, 7) is 2.52. The van der Waals surface area contributed by atoms with E-state index < -0.39 is 0 Å². The number of rotatable bonds is 5. The Morgan fingerprint density at radius 3 is 2.65 bits per heavy atom. The molecule has 1 aromatic carbocycles. The molecule has 0 heterocycles. The fraction of sp³-hybridized carbons (Fsp3) is 0.417. The number of esters is 1. The van der Waals surface area contributed by atoms with E-state index in [1.54, 1.807) is 25.1 Å². The van der Waals surface area contributed by atoms with Gasteiger partial charge in [0.15, 0.2) is 0 Å². The van der Waals surface area contributed by atoms with Crippen LogP contribution in [0.3, 0.4) is 0 Å². The van der Waals surface area contributed by atoms with E-state index in [-0.39, 0.29) is 11.9 Å². The monoisotopic (exact) mass is 275 g/mol. The van der Waals surface area contributed by atoms with Gasteiger partial charge in [-0.05, 0) is 37.6 Å². The zero-order chi connectivity index (χ0) is 12.8. The lowest BCUT2D eigenvalue weighted by Gasteiger charge is -2.15. The van der Waals surface area contributed by atoms with Gasteiger partial charge in [-0.3, -0.25) is 4.79 Å². The third kappa shape index (κ3) is 3.87. The fourth-order valence-corrected chi connectivity index (χ4v) is 1.87. The number of benzene rings is 1. The molecule has 2 N–H and O–H groups in total. The van der Waals surface area contributed by atoms with Gasteiger partial charge in [0.05, 0.1) is 22.6 Å². The summed E-state index contributed by atoms with van der Waals surface area (Å²) in [5, 5.41) is 0.890. The lowest BCUT2D eigenvalue weighted by Crippen LogP contribution is -2.19. The van der Waals surface area contributed by atoms with Crippen molar-refractivity contribution in [1.29, 1.82) is 0 Å². The van der Waals surface area contributed by atoms with Crippen LogP contribution >= 0.6 is 23.2 Å². The summed E-state index contributed by atoms with van der Waals surface area (Å²) in [6, 6.07) is 5.12. The van der Waals surface area contributed by atoms with Crippen LogP contribution in [0.2, 0.25) is 10.0 Å². The largest absolute Gasteiger partial charge is 0.466 e. The molecular formula is C12H15Cl2NO2. The van der Waals surface area contributed by atoms with Crippen LogP contribution in [0.25, 0.3) is 0 Å². The Balaban J connectivity index is 2.96.